The zero-order valence-corrected chi connectivity index (χ0v) is 14.3. The van der Waals surface area contributed by atoms with E-state index in [4.69, 9.17) is 4.98 Å². The lowest BCUT2D eigenvalue weighted by Crippen LogP contribution is -2.37. The molecule has 124 valence electrons. The fourth-order valence-corrected chi connectivity index (χ4v) is 4.24. The summed E-state index contributed by atoms with van der Waals surface area (Å²) >= 11 is 1.90. The molecule has 0 aliphatic carbocycles. The standard InChI is InChI=1S/C19H16N4OS/c24-19(23-7-9-25-10-8-23)12-5-6-14-13(11-12)17-18(21-14)22-16-4-2-1-3-15(16)20-17/h1-6,11H,7-10H2,(H,21,22). The highest BCUT2D eigenvalue weighted by Crippen LogP contribution is 2.26. The van der Waals surface area contributed by atoms with Gasteiger partial charge in [0.1, 0.15) is 5.52 Å². The first-order valence-electron chi connectivity index (χ1n) is 8.35. The van der Waals surface area contributed by atoms with Gasteiger partial charge in [0.2, 0.25) is 0 Å². The van der Waals surface area contributed by atoms with Gasteiger partial charge in [-0.25, -0.2) is 9.97 Å². The molecule has 5 rings (SSSR count). The Morgan fingerprint density at radius 2 is 1.80 bits per heavy atom. The molecule has 1 fully saturated rings. The van der Waals surface area contributed by atoms with Crippen LogP contribution in [0, 0.1) is 0 Å². The molecule has 4 aromatic rings. The van der Waals surface area contributed by atoms with Crippen LogP contribution in [0.1, 0.15) is 10.4 Å². The van der Waals surface area contributed by atoms with E-state index in [1.165, 1.54) is 0 Å². The summed E-state index contributed by atoms with van der Waals surface area (Å²) in [4.78, 5) is 27.5. The van der Waals surface area contributed by atoms with Crippen molar-refractivity contribution in [2.24, 2.45) is 0 Å². The third-order valence-corrected chi connectivity index (χ3v) is 5.59. The van der Waals surface area contributed by atoms with Crippen LogP contribution in [-0.4, -0.2) is 50.4 Å². The van der Waals surface area contributed by atoms with Gasteiger partial charge in [0.25, 0.3) is 5.91 Å². The number of thioether (sulfide) groups is 1. The summed E-state index contributed by atoms with van der Waals surface area (Å²) in [5, 5.41) is 0.950. The molecule has 2 aromatic heterocycles. The number of aromatic nitrogens is 3. The van der Waals surface area contributed by atoms with Gasteiger partial charge in [0, 0.05) is 41.1 Å². The number of nitrogens with zero attached hydrogens (tertiary/aromatic N) is 3. The number of hydrogen-bond acceptors (Lipinski definition) is 4. The van der Waals surface area contributed by atoms with Crippen LogP contribution in [0.15, 0.2) is 42.5 Å². The smallest absolute Gasteiger partial charge is 0.253 e. The molecule has 25 heavy (non-hydrogen) atoms. The van der Waals surface area contributed by atoms with E-state index < -0.39 is 0 Å². The minimum atomic E-state index is 0.102. The van der Waals surface area contributed by atoms with Gasteiger partial charge in [-0.15, -0.1) is 0 Å². The second kappa shape index (κ2) is 5.74. The third kappa shape index (κ3) is 2.44. The lowest BCUT2D eigenvalue weighted by atomic mass is 10.1. The molecule has 1 aliphatic heterocycles. The molecule has 1 N–H and O–H groups in total. The predicted octanol–water partition coefficient (Wildman–Crippen LogP) is 3.45. The van der Waals surface area contributed by atoms with Crippen LogP contribution in [0.25, 0.3) is 33.1 Å². The quantitative estimate of drug-likeness (QED) is 0.572. The number of benzene rings is 2. The number of fused-ring (bicyclic) bond motifs is 4. The molecular weight excluding hydrogens is 332 g/mol. The Morgan fingerprint density at radius 3 is 2.60 bits per heavy atom. The molecule has 0 spiro atoms. The van der Waals surface area contributed by atoms with Crippen molar-refractivity contribution in [2.45, 2.75) is 0 Å². The number of aromatic amines is 1. The molecule has 1 saturated heterocycles. The average molecular weight is 348 g/mol. The van der Waals surface area contributed by atoms with E-state index in [0.29, 0.717) is 0 Å². The van der Waals surface area contributed by atoms with Crippen molar-refractivity contribution in [1.29, 1.82) is 0 Å². The number of carbonyl (C=O) groups is 1. The summed E-state index contributed by atoms with van der Waals surface area (Å²) in [6.45, 7) is 1.64. The van der Waals surface area contributed by atoms with Crippen LogP contribution < -0.4 is 0 Å². The fraction of sp³-hybridized carbons (Fsp3) is 0.211. The van der Waals surface area contributed by atoms with Crippen LogP contribution in [0.3, 0.4) is 0 Å². The second-order valence-corrected chi connectivity index (χ2v) is 7.42. The number of para-hydroxylation sites is 2. The van der Waals surface area contributed by atoms with E-state index in [2.05, 4.69) is 9.97 Å². The van der Waals surface area contributed by atoms with Crippen molar-refractivity contribution >= 4 is 50.8 Å². The number of amides is 1. The molecule has 0 atom stereocenters. The maximum atomic E-state index is 12.8. The van der Waals surface area contributed by atoms with E-state index in [1.807, 2.05) is 59.1 Å². The minimum Gasteiger partial charge on any atom is -0.338 e. The Labute approximate surface area is 148 Å². The Bertz CT molecular complexity index is 1110. The number of hydrogen-bond donors (Lipinski definition) is 1. The second-order valence-electron chi connectivity index (χ2n) is 6.20. The Kier molecular flexibility index (Phi) is 3.38. The molecule has 3 heterocycles. The lowest BCUT2D eigenvalue weighted by molar-refractivity contribution is 0.0772. The topological polar surface area (TPSA) is 61.9 Å². The van der Waals surface area contributed by atoms with Gasteiger partial charge in [-0.3, -0.25) is 4.79 Å². The van der Waals surface area contributed by atoms with E-state index in [0.717, 1.165) is 63.3 Å². The van der Waals surface area contributed by atoms with Gasteiger partial charge < -0.3 is 9.88 Å². The van der Waals surface area contributed by atoms with Crippen molar-refractivity contribution in [1.82, 2.24) is 19.9 Å². The van der Waals surface area contributed by atoms with Crippen LogP contribution in [0.2, 0.25) is 0 Å². The molecule has 5 nitrogen and oxygen atoms in total. The molecule has 1 amide bonds. The van der Waals surface area contributed by atoms with Gasteiger partial charge in [0.15, 0.2) is 5.65 Å². The summed E-state index contributed by atoms with van der Waals surface area (Å²) in [6, 6.07) is 13.6. The summed E-state index contributed by atoms with van der Waals surface area (Å²) in [5.74, 6) is 2.13. The van der Waals surface area contributed by atoms with Gasteiger partial charge in [-0.2, -0.15) is 11.8 Å². The molecule has 6 heteroatoms. The minimum absolute atomic E-state index is 0.102. The number of rotatable bonds is 1. The zero-order chi connectivity index (χ0) is 16.8. The zero-order valence-electron chi connectivity index (χ0n) is 13.5. The fourth-order valence-electron chi connectivity index (χ4n) is 3.33. The summed E-state index contributed by atoms with van der Waals surface area (Å²) < 4.78 is 0. The lowest BCUT2D eigenvalue weighted by Gasteiger charge is -2.26. The highest BCUT2D eigenvalue weighted by molar-refractivity contribution is 7.99. The number of carbonyl (C=O) groups excluding carboxylic acids is 1. The first-order valence-corrected chi connectivity index (χ1v) is 9.50. The van der Waals surface area contributed by atoms with Crippen LogP contribution in [-0.2, 0) is 0 Å². The van der Waals surface area contributed by atoms with Gasteiger partial charge in [0.05, 0.1) is 11.0 Å². The van der Waals surface area contributed by atoms with Gasteiger partial charge in [-0.1, -0.05) is 12.1 Å². The molecule has 0 unspecified atom stereocenters. The van der Waals surface area contributed by atoms with Crippen molar-refractivity contribution in [3.8, 4) is 0 Å². The van der Waals surface area contributed by atoms with E-state index in [9.17, 15) is 4.79 Å². The average Bonchev–Trinajstić information content (AvgIpc) is 3.03. The molecule has 1 aliphatic rings. The molecule has 0 saturated carbocycles. The van der Waals surface area contributed by atoms with Gasteiger partial charge in [-0.05, 0) is 30.3 Å². The summed E-state index contributed by atoms with van der Waals surface area (Å²) in [6.07, 6.45) is 0. The van der Waals surface area contributed by atoms with Crippen LogP contribution >= 0.6 is 11.8 Å². The molecule has 0 bridgehead atoms. The number of H-pyrrole nitrogens is 1. The highest BCUT2D eigenvalue weighted by atomic mass is 32.2. The summed E-state index contributed by atoms with van der Waals surface area (Å²) in [7, 11) is 0. The normalized spacial score (nSPS) is 15.3. The largest absolute Gasteiger partial charge is 0.338 e. The van der Waals surface area contributed by atoms with Gasteiger partial charge >= 0.3 is 0 Å². The Balaban J connectivity index is 1.66. The Morgan fingerprint density at radius 1 is 1.04 bits per heavy atom. The van der Waals surface area contributed by atoms with Crippen LogP contribution in [0.4, 0.5) is 0 Å². The highest BCUT2D eigenvalue weighted by Gasteiger charge is 2.19. The van der Waals surface area contributed by atoms with E-state index in [1.54, 1.807) is 0 Å². The number of nitrogens with one attached hydrogen (secondary N) is 1. The maximum Gasteiger partial charge on any atom is 0.253 e. The monoisotopic (exact) mass is 348 g/mol. The molecular formula is C19H16N4OS. The first kappa shape index (κ1) is 14.7. The molecule has 2 aromatic carbocycles. The first-order chi connectivity index (χ1) is 12.3. The van der Waals surface area contributed by atoms with Crippen molar-refractivity contribution in [3.05, 3.63) is 48.0 Å². The maximum absolute atomic E-state index is 12.8. The summed E-state index contributed by atoms with van der Waals surface area (Å²) in [5.41, 5.74) is 4.97. The SMILES string of the molecule is O=C(c1ccc2[nH]c3nc4ccccc4nc3c2c1)N1CCSCC1. The van der Waals surface area contributed by atoms with Crippen molar-refractivity contribution in [3.63, 3.8) is 0 Å². The van der Waals surface area contributed by atoms with Crippen LogP contribution in [0.5, 0.6) is 0 Å². The Hall–Kier alpha value is -2.60. The molecule has 0 radical (unpaired) electrons. The third-order valence-electron chi connectivity index (χ3n) is 4.64. The van der Waals surface area contributed by atoms with Crippen molar-refractivity contribution in [2.75, 3.05) is 24.6 Å². The predicted molar refractivity (Wildman–Crippen MR) is 102 cm³/mol. The van der Waals surface area contributed by atoms with E-state index >= 15 is 0 Å². The van der Waals surface area contributed by atoms with Crippen molar-refractivity contribution < 1.29 is 4.79 Å². The van der Waals surface area contributed by atoms with E-state index in [-0.39, 0.29) is 5.91 Å².